The van der Waals surface area contributed by atoms with Gasteiger partial charge < -0.3 is 13.9 Å². The van der Waals surface area contributed by atoms with Gasteiger partial charge in [-0.3, -0.25) is 4.79 Å². The Morgan fingerprint density at radius 2 is 1.86 bits per heavy atom. The van der Waals surface area contributed by atoms with Gasteiger partial charge in [0.05, 0.1) is 25.2 Å². The van der Waals surface area contributed by atoms with E-state index in [2.05, 4.69) is 12.1 Å². The van der Waals surface area contributed by atoms with Gasteiger partial charge in [0, 0.05) is 11.5 Å². The molecule has 0 aliphatic heterocycles. The van der Waals surface area contributed by atoms with Crippen molar-refractivity contribution in [2.75, 3.05) is 14.2 Å². The summed E-state index contributed by atoms with van der Waals surface area (Å²) in [5.74, 6) is 1.69. The molecule has 2 aromatic carbocycles. The first kappa shape index (κ1) is 19.2. The fourth-order valence-electron chi connectivity index (χ4n) is 3.99. The van der Waals surface area contributed by atoms with Crippen LogP contribution in [0.25, 0.3) is 11.0 Å². The molecule has 1 aliphatic carbocycles. The number of methoxy groups -OCH3 is 2. The van der Waals surface area contributed by atoms with Crippen LogP contribution in [0.4, 0.5) is 0 Å². The number of benzene rings is 2. The highest BCUT2D eigenvalue weighted by molar-refractivity contribution is 5.94. The highest BCUT2D eigenvalue weighted by Crippen LogP contribution is 2.55. The number of carbonyl (C=O) groups is 1. The van der Waals surface area contributed by atoms with Crippen LogP contribution in [0, 0.1) is 0 Å². The number of hydrogen-bond acceptors (Lipinski definition) is 5. The first-order valence-corrected chi connectivity index (χ1v) is 9.89. The molecule has 0 radical (unpaired) electrons. The first-order chi connectivity index (χ1) is 14.1. The monoisotopic (exact) mass is 392 g/mol. The van der Waals surface area contributed by atoms with Crippen molar-refractivity contribution in [2.24, 2.45) is 0 Å². The molecule has 2 atom stereocenters. The predicted octanol–water partition coefficient (Wildman–Crippen LogP) is 4.81. The molecule has 1 saturated carbocycles. The van der Waals surface area contributed by atoms with Gasteiger partial charge >= 0.3 is 5.97 Å². The molecule has 3 aromatic rings. The number of hydrogen-bond donors (Lipinski definition) is 0. The molecule has 150 valence electrons. The molecule has 1 fully saturated rings. The van der Waals surface area contributed by atoms with Crippen LogP contribution in [0.3, 0.4) is 0 Å². The van der Waals surface area contributed by atoms with Crippen LogP contribution in [-0.2, 0) is 11.2 Å². The van der Waals surface area contributed by atoms with Gasteiger partial charge in [0.1, 0.15) is 17.1 Å². The van der Waals surface area contributed by atoms with E-state index >= 15 is 0 Å². The highest BCUT2D eigenvalue weighted by Gasteiger charge is 2.43. The molecule has 4 rings (SSSR count). The summed E-state index contributed by atoms with van der Waals surface area (Å²) in [4.78, 5) is 25.1. The van der Waals surface area contributed by atoms with E-state index < -0.39 is 5.97 Å². The Kier molecular flexibility index (Phi) is 5.14. The van der Waals surface area contributed by atoms with Crippen LogP contribution >= 0.6 is 0 Å². The zero-order chi connectivity index (χ0) is 20.5. The van der Waals surface area contributed by atoms with E-state index in [0.29, 0.717) is 28.9 Å². The lowest BCUT2D eigenvalue weighted by Crippen LogP contribution is -2.13. The minimum Gasteiger partial charge on any atom is -0.497 e. The van der Waals surface area contributed by atoms with Crippen LogP contribution < -0.4 is 10.2 Å². The van der Waals surface area contributed by atoms with E-state index in [1.165, 1.54) is 12.7 Å². The second kappa shape index (κ2) is 7.74. The Morgan fingerprint density at radius 3 is 2.52 bits per heavy atom. The van der Waals surface area contributed by atoms with Gasteiger partial charge in [-0.05, 0) is 54.7 Å². The van der Waals surface area contributed by atoms with E-state index in [1.54, 1.807) is 25.3 Å². The standard InChI is InChI=1S/C24H24O5/c1-4-5-17-22(25)20-12-15(24(26)28-3)8-11-21(20)29-23(17)19-13-18(19)14-6-9-16(27-2)10-7-14/h6-12,18-19H,4-5,13H2,1-3H3. The molecule has 29 heavy (non-hydrogen) atoms. The van der Waals surface area contributed by atoms with Crippen LogP contribution in [0.1, 0.15) is 58.8 Å². The number of carbonyl (C=O) groups excluding carboxylic acids is 1. The third-order valence-corrected chi connectivity index (χ3v) is 5.61. The smallest absolute Gasteiger partial charge is 0.337 e. The van der Waals surface area contributed by atoms with E-state index in [1.807, 2.05) is 19.1 Å². The summed E-state index contributed by atoms with van der Waals surface area (Å²) >= 11 is 0. The van der Waals surface area contributed by atoms with Gasteiger partial charge in [0.25, 0.3) is 0 Å². The van der Waals surface area contributed by atoms with Crippen LogP contribution in [0.5, 0.6) is 5.75 Å². The van der Waals surface area contributed by atoms with Crippen LogP contribution in [0.2, 0.25) is 0 Å². The van der Waals surface area contributed by atoms with Crippen molar-refractivity contribution in [3.63, 3.8) is 0 Å². The van der Waals surface area contributed by atoms with Crippen molar-refractivity contribution in [2.45, 2.75) is 38.0 Å². The molecule has 5 nitrogen and oxygen atoms in total. The second-order valence-electron chi connectivity index (χ2n) is 7.45. The average Bonchev–Trinajstić information content (AvgIpc) is 3.55. The van der Waals surface area contributed by atoms with Crippen molar-refractivity contribution < 1.29 is 18.7 Å². The topological polar surface area (TPSA) is 65.7 Å². The maximum Gasteiger partial charge on any atom is 0.337 e. The van der Waals surface area contributed by atoms with Crippen molar-refractivity contribution in [1.29, 1.82) is 0 Å². The Balaban J connectivity index is 1.75. The summed E-state index contributed by atoms with van der Waals surface area (Å²) < 4.78 is 16.2. The average molecular weight is 392 g/mol. The normalized spacial score (nSPS) is 17.9. The Morgan fingerprint density at radius 1 is 1.10 bits per heavy atom. The molecule has 1 aromatic heterocycles. The largest absolute Gasteiger partial charge is 0.497 e. The summed E-state index contributed by atoms with van der Waals surface area (Å²) in [6, 6.07) is 13.0. The molecule has 1 heterocycles. The van der Waals surface area contributed by atoms with Gasteiger partial charge in [0.15, 0.2) is 5.43 Å². The molecule has 0 spiro atoms. The maximum absolute atomic E-state index is 13.2. The predicted molar refractivity (Wildman–Crippen MR) is 111 cm³/mol. The molecule has 0 N–H and O–H groups in total. The maximum atomic E-state index is 13.2. The fraction of sp³-hybridized carbons (Fsp3) is 0.333. The van der Waals surface area contributed by atoms with E-state index in [4.69, 9.17) is 13.9 Å². The number of fused-ring (bicyclic) bond motifs is 1. The Hall–Kier alpha value is -3.08. The molecular weight excluding hydrogens is 368 g/mol. The fourth-order valence-corrected chi connectivity index (χ4v) is 3.99. The Labute approximate surface area is 169 Å². The molecular formula is C24H24O5. The SMILES string of the molecule is CCCc1c(C2CC2c2ccc(OC)cc2)oc2ccc(C(=O)OC)cc2c1=O. The minimum atomic E-state index is -0.464. The summed E-state index contributed by atoms with van der Waals surface area (Å²) in [5.41, 5.74) is 2.77. The molecule has 0 saturated heterocycles. The van der Waals surface area contributed by atoms with Gasteiger partial charge in [0.2, 0.25) is 0 Å². The van der Waals surface area contributed by atoms with Crippen molar-refractivity contribution in [3.8, 4) is 5.75 Å². The van der Waals surface area contributed by atoms with Crippen molar-refractivity contribution in [1.82, 2.24) is 0 Å². The van der Waals surface area contributed by atoms with E-state index in [-0.39, 0.29) is 11.3 Å². The molecule has 5 heteroatoms. The Bertz CT molecular complexity index is 1110. The van der Waals surface area contributed by atoms with E-state index in [0.717, 1.165) is 29.9 Å². The van der Waals surface area contributed by atoms with Gasteiger partial charge in [-0.1, -0.05) is 25.5 Å². The molecule has 0 bridgehead atoms. The summed E-state index contributed by atoms with van der Waals surface area (Å²) in [6.45, 7) is 2.05. The van der Waals surface area contributed by atoms with Crippen molar-refractivity contribution in [3.05, 3.63) is 75.1 Å². The van der Waals surface area contributed by atoms with Gasteiger partial charge in [-0.15, -0.1) is 0 Å². The van der Waals surface area contributed by atoms with Crippen LogP contribution in [0.15, 0.2) is 51.7 Å². The third kappa shape index (κ3) is 3.53. The second-order valence-corrected chi connectivity index (χ2v) is 7.45. The van der Waals surface area contributed by atoms with Crippen molar-refractivity contribution >= 4 is 16.9 Å². The van der Waals surface area contributed by atoms with Gasteiger partial charge in [-0.25, -0.2) is 4.79 Å². The third-order valence-electron chi connectivity index (χ3n) is 5.61. The summed E-state index contributed by atoms with van der Waals surface area (Å²) in [5, 5.41) is 0.432. The molecule has 0 amide bonds. The van der Waals surface area contributed by atoms with Gasteiger partial charge in [-0.2, -0.15) is 0 Å². The molecule has 1 aliphatic rings. The van der Waals surface area contributed by atoms with E-state index in [9.17, 15) is 9.59 Å². The lowest BCUT2D eigenvalue weighted by Gasteiger charge is -2.10. The lowest BCUT2D eigenvalue weighted by molar-refractivity contribution is 0.0601. The van der Waals surface area contributed by atoms with Crippen LogP contribution in [-0.4, -0.2) is 20.2 Å². The minimum absolute atomic E-state index is 0.0470. The zero-order valence-electron chi connectivity index (χ0n) is 16.9. The first-order valence-electron chi connectivity index (χ1n) is 9.89. The quantitative estimate of drug-likeness (QED) is 0.563. The summed E-state index contributed by atoms with van der Waals surface area (Å²) in [6.07, 6.45) is 2.46. The number of esters is 1. The summed E-state index contributed by atoms with van der Waals surface area (Å²) in [7, 11) is 2.98. The zero-order valence-corrected chi connectivity index (χ0v) is 16.9. The highest BCUT2D eigenvalue weighted by atomic mass is 16.5. The molecule has 2 unspecified atom stereocenters. The number of rotatable bonds is 6. The lowest BCUT2D eigenvalue weighted by atomic mass is 10.0. The number of ether oxygens (including phenoxy) is 2.